The van der Waals surface area contributed by atoms with Gasteiger partial charge in [0.2, 0.25) is 0 Å². The first-order valence-corrected chi connectivity index (χ1v) is 20.4. The number of hydrogen-bond acceptors (Lipinski definition) is 3. The van der Waals surface area contributed by atoms with Crippen molar-refractivity contribution in [2.24, 2.45) is 0 Å². The molecule has 0 rings (SSSR count). The predicted molar refractivity (Wildman–Crippen MR) is 195 cm³/mol. The van der Waals surface area contributed by atoms with Gasteiger partial charge in [-0.05, 0) is 12.8 Å². The molecule has 0 aromatic heterocycles. The zero-order valence-corrected chi connectivity index (χ0v) is 31.2. The van der Waals surface area contributed by atoms with Gasteiger partial charge in [0.25, 0.3) is 0 Å². The van der Waals surface area contributed by atoms with Crippen molar-refractivity contribution in [2.45, 2.75) is 225 Å². The van der Waals surface area contributed by atoms with Crippen LogP contribution in [-0.4, -0.2) is 32.5 Å². The number of halogens is 1. The van der Waals surface area contributed by atoms with E-state index < -0.39 is 0 Å². The van der Waals surface area contributed by atoms with Gasteiger partial charge in [0.05, 0.1) is 29.5 Å². The predicted octanol–water partition coefficient (Wildman–Crippen LogP) is 14.2. The van der Waals surface area contributed by atoms with E-state index in [0.29, 0.717) is 13.2 Å². The highest BCUT2D eigenvalue weighted by Gasteiger charge is 2.09. The minimum atomic E-state index is 0.0387. The highest BCUT2D eigenvalue weighted by Crippen LogP contribution is 2.15. The SMILES string of the molecule is CCCCCCCCCCCCCCCCCCOCC(COBr)OCCCCCCCCCCCCCCCCCC. The van der Waals surface area contributed by atoms with E-state index in [1.165, 1.54) is 199 Å². The number of hydrogen-bond donors (Lipinski definition) is 0. The van der Waals surface area contributed by atoms with Gasteiger partial charge in [-0.25, -0.2) is 0 Å². The van der Waals surface area contributed by atoms with Crippen molar-refractivity contribution >= 4 is 16.3 Å². The average Bonchev–Trinajstić information content (AvgIpc) is 3.01. The second-order valence-corrected chi connectivity index (χ2v) is 13.9. The molecule has 260 valence electrons. The minimum Gasteiger partial charge on any atom is -0.379 e. The molecule has 0 aromatic rings. The highest BCUT2D eigenvalue weighted by atomic mass is 79.9. The van der Waals surface area contributed by atoms with Crippen LogP contribution in [0.4, 0.5) is 0 Å². The average molecular weight is 676 g/mol. The maximum atomic E-state index is 6.05. The fourth-order valence-corrected chi connectivity index (χ4v) is 6.38. The summed E-state index contributed by atoms with van der Waals surface area (Å²) < 4.78 is 17.2. The Bertz CT molecular complexity index is 475. The summed E-state index contributed by atoms with van der Waals surface area (Å²) in [7, 11) is 0. The molecule has 0 saturated carbocycles. The summed E-state index contributed by atoms with van der Waals surface area (Å²) in [6, 6.07) is 0. The molecule has 0 aromatic carbocycles. The van der Waals surface area contributed by atoms with E-state index in [1.807, 2.05) is 0 Å². The molecular formula is C39H79BrO3. The maximum absolute atomic E-state index is 6.05. The van der Waals surface area contributed by atoms with Gasteiger partial charge in [-0.3, -0.25) is 0 Å². The minimum absolute atomic E-state index is 0.0387. The van der Waals surface area contributed by atoms with Crippen molar-refractivity contribution in [3.8, 4) is 0 Å². The molecule has 1 unspecified atom stereocenters. The van der Waals surface area contributed by atoms with Crippen molar-refractivity contribution < 1.29 is 13.3 Å². The normalized spacial score (nSPS) is 12.3. The van der Waals surface area contributed by atoms with E-state index in [-0.39, 0.29) is 6.10 Å². The molecular weight excluding hydrogens is 596 g/mol. The standard InChI is InChI=1S/C39H79BrO3/c1-3-5-7-9-11-13-15-17-19-21-23-25-27-29-31-33-35-41-37-39(38-43-40)42-36-34-32-30-28-26-24-22-20-18-16-14-12-10-8-6-4-2/h39H,3-38H2,1-2H3. The summed E-state index contributed by atoms with van der Waals surface area (Å²) in [5.41, 5.74) is 0. The van der Waals surface area contributed by atoms with Crippen molar-refractivity contribution in [1.29, 1.82) is 0 Å². The number of unbranched alkanes of at least 4 members (excludes halogenated alkanes) is 30. The van der Waals surface area contributed by atoms with Gasteiger partial charge < -0.3 is 13.3 Å². The summed E-state index contributed by atoms with van der Waals surface area (Å²) in [6.45, 7) is 7.46. The Morgan fingerprint density at radius 3 is 0.930 bits per heavy atom. The molecule has 4 heteroatoms. The van der Waals surface area contributed by atoms with Crippen LogP contribution < -0.4 is 0 Å². The smallest absolute Gasteiger partial charge is 0.105 e. The second kappa shape index (κ2) is 40.4. The Hall–Kier alpha value is 0.360. The van der Waals surface area contributed by atoms with E-state index in [4.69, 9.17) is 13.3 Å². The molecule has 0 radical (unpaired) electrons. The lowest BCUT2D eigenvalue weighted by molar-refractivity contribution is -0.0346. The molecule has 43 heavy (non-hydrogen) atoms. The van der Waals surface area contributed by atoms with Gasteiger partial charge >= 0.3 is 0 Å². The molecule has 0 aliphatic carbocycles. The quantitative estimate of drug-likeness (QED) is 0.0607. The zero-order chi connectivity index (χ0) is 31.2. The lowest BCUT2D eigenvalue weighted by atomic mass is 10.0. The maximum Gasteiger partial charge on any atom is 0.105 e. The van der Waals surface area contributed by atoms with Crippen LogP contribution in [0.15, 0.2) is 0 Å². The summed E-state index contributed by atoms with van der Waals surface area (Å²) in [5, 5.41) is 0. The largest absolute Gasteiger partial charge is 0.379 e. The van der Waals surface area contributed by atoms with Crippen molar-refractivity contribution in [2.75, 3.05) is 26.4 Å². The van der Waals surface area contributed by atoms with Gasteiger partial charge in [0.15, 0.2) is 0 Å². The lowest BCUT2D eigenvalue weighted by Crippen LogP contribution is -2.25. The first-order valence-electron chi connectivity index (χ1n) is 19.8. The third kappa shape index (κ3) is 38.5. The van der Waals surface area contributed by atoms with E-state index >= 15 is 0 Å². The van der Waals surface area contributed by atoms with E-state index in [0.717, 1.165) is 19.6 Å². The first kappa shape index (κ1) is 43.4. The van der Waals surface area contributed by atoms with E-state index in [2.05, 4.69) is 30.1 Å². The fourth-order valence-electron chi connectivity index (χ4n) is 6.08. The van der Waals surface area contributed by atoms with Crippen LogP contribution in [0.2, 0.25) is 0 Å². The summed E-state index contributed by atoms with van der Waals surface area (Å²) >= 11 is 3.10. The lowest BCUT2D eigenvalue weighted by Gasteiger charge is -2.16. The second-order valence-electron chi connectivity index (χ2n) is 13.5. The molecule has 0 aliphatic rings. The monoisotopic (exact) mass is 675 g/mol. The Balaban J connectivity index is 3.34. The molecule has 0 amide bonds. The highest BCUT2D eigenvalue weighted by molar-refractivity contribution is 9.06. The molecule has 0 saturated heterocycles. The van der Waals surface area contributed by atoms with Gasteiger partial charge in [-0.1, -0.05) is 206 Å². The first-order chi connectivity index (χ1) is 21.3. The summed E-state index contributed by atoms with van der Waals surface area (Å²) in [4.78, 5) is 0. The van der Waals surface area contributed by atoms with Crippen LogP contribution in [0, 0.1) is 0 Å². The molecule has 0 N–H and O–H groups in total. The van der Waals surface area contributed by atoms with Gasteiger partial charge in [0.1, 0.15) is 6.10 Å². The third-order valence-electron chi connectivity index (χ3n) is 9.05. The molecule has 0 heterocycles. The topological polar surface area (TPSA) is 27.7 Å². The Morgan fingerprint density at radius 2 is 0.628 bits per heavy atom. The Labute approximate surface area is 280 Å². The van der Waals surface area contributed by atoms with E-state index in [9.17, 15) is 0 Å². The summed E-state index contributed by atoms with van der Waals surface area (Å²) in [6.07, 6.45) is 44.9. The van der Waals surface area contributed by atoms with Crippen molar-refractivity contribution in [3.63, 3.8) is 0 Å². The molecule has 0 spiro atoms. The van der Waals surface area contributed by atoms with Crippen LogP contribution in [0.1, 0.15) is 219 Å². The molecule has 0 aliphatic heterocycles. The Morgan fingerprint density at radius 1 is 0.349 bits per heavy atom. The van der Waals surface area contributed by atoms with Crippen LogP contribution in [0.25, 0.3) is 0 Å². The van der Waals surface area contributed by atoms with Crippen LogP contribution in [0.5, 0.6) is 0 Å². The third-order valence-corrected chi connectivity index (χ3v) is 9.31. The summed E-state index contributed by atoms with van der Waals surface area (Å²) in [5.74, 6) is 0. The van der Waals surface area contributed by atoms with Crippen LogP contribution in [0.3, 0.4) is 0 Å². The van der Waals surface area contributed by atoms with Gasteiger partial charge in [0, 0.05) is 13.2 Å². The van der Waals surface area contributed by atoms with Gasteiger partial charge in [-0.15, -0.1) is 0 Å². The molecule has 0 fully saturated rings. The number of rotatable bonds is 39. The fraction of sp³-hybridized carbons (Fsp3) is 1.00. The molecule has 0 bridgehead atoms. The van der Waals surface area contributed by atoms with Crippen LogP contribution in [-0.2, 0) is 13.3 Å². The number of ether oxygens (including phenoxy) is 2. The van der Waals surface area contributed by atoms with Crippen molar-refractivity contribution in [1.82, 2.24) is 0 Å². The van der Waals surface area contributed by atoms with E-state index in [1.54, 1.807) is 0 Å². The van der Waals surface area contributed by atoms with Crippen LogP contribution >= 0.6 is 16.3 Å². The molecule has 3 nitrogen and oxygen atoms in total. The molecule has 1 atom stereocenters. The van der Waals surface area contributed by atoms with Crippen molar-refractivity contribution in [3.05, 3.63) is 0 Å². The van der Waals surface area contributed by atoms with Gasteiger partial charge in [-0.2, -0.15) is 0 Å². The Kier molecular flexibility index (Phi) is 40.7. The zero-order valence-electron chi connectivity index (χ0n) is 29.6.